The second-order valence-electron chi connectivity index (χ2n) is 1.51. The van der Waals surface area contributed by atoms with Gasteiger partial charge in [0.05, 0.1) is 12.7 Å². The Morgan fingerprint density at radius 2 is 2.50 bits per heavy atom. The molecule has 0 aromatic carbocycles. The molecule has 0 fully saturated rings. The van der Waals surface area contributed by atoms with Gasteiger partial charge in [0.1, 0.15) is 6.61 Å². The molecule has 0 saturated heterocycles. The van der Waals surface area contributed by atoms with Crippen LogP contribution in [0.4, 0.5) is 0 Å². The Hall–Kier alpha value is -0.520. The molecule has 2 heteroatoms. The minimum atomic E-state index is -0.133. The molecule has 1 N–H and O–H groups in total. The molecule has 46 valence electrons. The van der Waals surface area contributed by atoms with Crippen LogP contribution in [-0.4, -0.2) is 24.4 Å². The molecule has 0 rings (SSSR count). The molecule has 8 heavy (non-hydrogen) atoms. The number of aliphatic hydroxyl groups excluding tert-OH is 1. The molecule has 0 aromatic heterocycles. The lowest BCUT2D eigenvalue weighted by Crippen LogP contribution is -2.12. The van der Waals surface area contributed by atoms with Crippen molar-refractivity contribution in [1.82, 2.24) is 0 Å². The number of hydrogen-bond acceptors (Lipinski definition) is 2. The van der Waals surface area contributed by atoms with Gasteiger partial charge in [-0.25, -0.2) is 0 Å². The van der Waals surface area contributed by atoms with Crippen molar-refractivity contribution in [2.45, 2.75) is 13.0 Å². The Bertz CT molecular complexity index is 83.0. The van der Waals surface area contributed by atoms with Crippen LogP contribution in [0.2, 0.25) is 0 Å². The summed E-state index contributed by atoms with van der Waals surface area (Å²) >= 11 is 0. The first-order valence-corrected chi connectivity index (χ1v) is 2.47. The van der Waals surface area contributed by atoms with E-state index in [2.05, 4.69) is 5.92 Å². The highest BCUT2D eigenvalue weighted by Gasteiger charge is 1.94. The zero-order chi connectivity index (χ0) is 6.41. The molecule has 0 aliphatic carbocycles. The van der Waals surface area contributed by atoms with E-state index in [9.17, 15) is 0 Å². The predicted molar refractivity (Wildman–Crippen MR) is 31.3 cm³/mol. The van der Waals surface area contributed by atoms with Crippen LogP contribution < -0.4 is 0 Å². The molecular weight excluding hydrogens is 104 g/mol. The highest BCUT2D eigenvalue weighted by Crippen LogP contribution is 1.84. The molecule has 0 saturated carbocycles. The van der Waals surface area contributed by atoms with Gasteiger partial charge in [0, 0.05) is 0 Å². The van der Waals surface area contributed by atoms with Gasteiger partial charge in [0.15, 0.2) is 0 Å². The van der Waals surface area contributed by atoms with E-state index < -0.39 is 0 Å². The topological polar surface area (TPSA) is 29.5 Å². The van der Waals surface area contributed by atoms with Crippen LogP contribution in [0.5, 0.6) is 0 Å². The van der Waals surface area contributed by atoms with Crippen molar-refractivity contribution in [2.75, 3.05) is 13.2 Å². The van der Waals surface area contributed by atoms with E-state index in [0.29, 0.717) is 0 Å². The molecule has 1 atom stereocenters. The molecule has 0 aliphatic rings. The normalized spacial score (nSPS) is 12.6. The van der Waals surface area contributed by atoms with Crippen molar-refractivity contribution < 1.29 is 9.84 Å². The van der Waals surface area contributed by atoms with Gasteiger partial charge >= 0.3 is 0 Å². The van der Waals surface area contributed by atoms with E-state index in [1.54, 1.807) is 6.92 Å². The highest BCUT2D eigenvalue weighted by molar-refractivity contribution is 4.83. The lowest BCUT2D eigenvalue weighted by Gasteiger charge is -2.04. The second-order valence-corrected chi connectivity index (χ2v) is 1.51. The molecule has 0 spiro atoms. The third kappa shape index (κ3) is 3.66. The number of aliphatic hydroxyl groups is 1. The summed E-state index contributed by atoms with van der Waals surface area (Å²) in [4.78, 5) is 0. The van der Waals surface area contributed by atoms with Crippen molar-refractivity contribution >= 4 is 0 Å². The highest BCUT2D eigenvalue weighted by atomic mass is 16.5. The first-order chi connectivity index (χ1) is 3.81. The fourth-order valence-electron chi connectivity index (χ4n) is 0.243. The first-order valence-electron chi connectivity index (χ1n) is 2.47. The summed E-state index contributed by atoms with van der Waals surface area (Å²) in [5.74, 6) is 2.30. The summed E-state index contributed by atoms with van der Waals surface area (Å²) in [7, 11) is 0. The molecule has 2 nitrogen and oxygen atoms in total. The van der Waals surface area contributed by atoms with E-state index in [1.807, 2.05) is 0 Å². The molecule has 0 heterocycles. The van der Waals surface area contributed by atoms with Crippen LogP contribution in [0.25, 0.3) is 0 Å². The lowest BCUT2D eigenvalue weighted by molar-refractivity contribution is 0.0440. The SMILES string of the molecule is C#CCO[C@H](C)CO. The van der Waals surface area contributed by atoms with Crippen molar-refractivity contribution in [3.63, 3.8) is 0 Å². The average molecular weight is 114 g/mol. The summed E-state index contributed by atoms with van der Waals surface area (Å²) in [6.45, 7) is 2.07. The molecule has 0 unspecified atom stereocenters. The minimum absolute atomic E-state index is 0.0294. The monoisotopic (exact) mass is 114 g/mol. The van der Waals surface area contributed by atoms with Crippen LogP contribution >= 0.6 is 0 Å². The first kappa shape index (κ1) is 7.48. The van der Waals surface area contributed by atoms with E-state index in [4.69, 9.17) is 16.3 Å². The third-order valence-corrected chi connectivity index (χ3v) is 0.708. The van der Waals surface area contributed by atoms with E-state index in [0.717, 1.165) is 0 Å². The lowest BCUT2D eigenvalue weighted by atomic mass is 10.4. The van der Waals surface area contributed by atoms with Gasteiger partial charge < -0.3 is 9.84 Å². The maximum absolute atomic E-state index is 8.37. The smallest absolute Gasteiger partial charge is 0.107 e. The minimum Gasteiger partial charge on any atom is -0.394 e. The number of ether oxygens (including phenoxy) is 1. The Balaban J connectivity index is 3.01. The van der Waals surface area contributed by atoms with Gasteiger partial charge in [0.2, 0.25) is 0 Å². The Morgan fingerprint density at radius 3 is 2.88 bits per heavy atom. The fourth-order valence-corrected chi connectivity index (χ4v) is 0.243. The van der Waals surface area contributed by atoms with Crippen molar-refractivity contribution in [1.29, 1.82) is 0 Å². The van der Waals surface area contributed by atoms with E-state index in [-0.39, 0.29) is 19.3 Å². The third-order valence-electron chi connectivity index (χ3n) is 0.708. The fraction of sp³-hybridized carbons (Fsp3) is 0.667. The van der Waals surface area contributed by atoms with Crippen molar-refractivity contribution in [3.8, 4) is 12.3 Å². The summed E-state index contributed by atoms with van der Waals surface area (Å²) < 4.78 is 4.85. The molecule has 0 aromatic rings. The van der Waals surface area contributed by atoms with Gasteiger partial charge in [0.25, 0.3) is 0 Å². The quantitative estimate of drug-likeness (QED) is 0.524. The van der Waals surface area contributed by atoms with Crippen LogP contribution in [0, 0.1) is 12.3 Å². The predicted octanol–water partition coefficient (Wildman–Crippen LogP) is 0.0170. The van der Waals surface area contributed by atoms with E-state index in [1.165, 1.54) is 0 Å². The largest absolute Gasteiger partial charge is 0.394 e. The number of rotatable bonds is 3. The molecule has 0 bridgehead atoms. The van der Waals surface area contributed by atoms with Gasteiger partial charge in [-0.15, -0.1) is 6.42 Å². The standard InChI is InChI=1S/C6H10O2/c1-3-4-8-6(2)5-7/h1,6-7H,4-5H2,2H3/t6-/m1/s1. The van der Waals surface area contributed by atoms with Gasteiger partial charge in [-0.2, -0.15) is 0 Å². The van der Waals surface area contributed by atoms with Crippen LogP contribution in [0.3, 0.4) is 0 Å². The second kappa shape index (κ2) is 4.63. The maximum atomic E-state index is 8.37. The van der Waals surface area contributed by atoms with Crippen LogP contribution in [0.1, 0.15) is 6.92 Å². The van der Waals surface area contributed by atoms with E-state index >= 15 is 0 Å². The maximum Gasteiger partial charge on any atom is 0.107 e. The van der Waals surface area contributed by atoms with Gasteiger partial charge in [-0.05, 0) is 6.92 Å². The average Bonchev–Trinajstić information content (AvgIpc) is 1.83. The van der Waals surface area contributed by atoms with Gasteiger partial charge in [-0.1, -0.05) is 5.92 Å². The summed E-state index contributed by atoms with van der Waals surface area (Å²) in [5, 5.41) is 8.37. The zero-order valence-corrected chi connectivity index (χ0v) is 4.92. The van der Waals surface area contributed by atoms with Crippen LogP contribution in [0.15, 0.2) is 0 Å². The summed E-state index contributed by atoms with van der Waals surface area (Å²) in [6, 6.07) is 0. The summed E-state index contributed by atoms with van der Waals surface area (Å²) in [5.41, 5.74) is 0. The van der Waals surface area contributed by atoms with Gasteiger partial charge in [-0.3, -0.25) is 0 Å². The Labute approximate surface area is 49.5 Å². The number of hydrogen-bond donors (Lipinski definition) is 1. The molecular formula is C6H10O2. The zero-order valence-electron chi connectivity index (χ0n) is 4.92. The molecule has 0 aliphatic heterocycles. The molecule has 0 radical (unpaired) electrons. The number of terminal acetylenes is 1. The summed E-state index contributed by atoms with van der Waals surface area (Å²) in [6.07, 6.45) is 4.74. The van der Waals surface area contributed by atoms with Crippen LogP contribution in [-0.2, 0) is 4.74 Å². The Kier molecular flexibility index (Phi) is 4.33. The van der Waals surface area contributed by atoms with Crippen molar-refractivity contribution in [2.24, 2.45) is 0 Å². The molecule has 0 amide bonds. The van der Waals surface area contributed by atoms with Crippen molar-refractivity contribution in [3.05, 3.63) is 0 Å². The Morgan fingerprint density at radius 1 is 1.88 bits per heavy atom.